The van der Waals surface area contributed by atoms with Gasteiger partial charge in [-0.05, 0) is 48.5 Å². The maximum atomic E-state index is 13.0. The van der Waals surface area contributed by atoms with E-state index in [1.54, 1.807) is 42.5 Å². The molecule has 0 atom stereocenters. The molecule has 37 heavy (non-hydrogen) atoms. The summed E-state index contributed by atoms with van der Waals surface area (Å²) in [6.07, 6.45) is 0. The van der Waals surface area contributed by atoms with Crippen molar-refractivity contribution in [1.82, 2.24) is 9.78 Å². The second-order valence-electron chi connectivity index (χ2n) is 7.60. The van der Waals surface area contributed by atoms with Gasteiger partial charge in [0, 0.05) is 11.6 Å². The largest absolute Gasteiger partial charge is 0.493 e. The SMILES string of the molecule is COc1ccc(C(=O)Nc2cc(OC(=O)c3ccc(OC)c(OC)c3)n(-c3ccccc3)n2)cc1OC. The monoisotopic (exact) mass is 503 g/mol. The van der Waals surface area contributed by atoms with E-state index in [1.807, 2.05) is 18.2 Å². The van der Waals surface area contributed by atoms with Crippen molar-refractivity contribution in [1.29, 1.82) is 0 Å². The van der Waals surface area contributed by atoms with Crippen LogP contribution in [0.2, 0.25) is 0 Å². The molecule has 0 bridgehead atoms. The van der Waals surface area contributed by atoms with E-state index in [0.29, 0.717) is 34.2 Å². The molecule has 190 valence electrons. The molecule has 0 aliphatic rings. The van der Waals surface area contributed by atoms with Gasteiger partial charge in [0.15, 0.2) is 28.8 Å². The fourth-order valence-corrected chi connectivity index (χ4v) is 3.53. The van der Waals surface area contributed by atoms with Crippen LogP contribution in [0, 0.1) is 0 Å². The summed E-state index contributed by atoms with van der Waals surface area (Å²) >= 11 is 0. The number of nitrogens with one attached hydrogen (secondary N) is 1. The van der Waals surface area contributed by atoms with Gasteiger partial charge in [-0.3, -0.25) is 4.79 Å². The number of rotatable bonds is 9. The predicted molar refractivity (Wildman–Crippen MR) is 136 cm³/mol. The molecular weight excluding hydrogens is 478 g/mol. The van der Waals surface area contributed by atoms with Gasteiger partial charge in [0.2, 0.25) is 5.88 Å². The van der Waals surface area contributed by atoms with Crippen molar-refractivity contribution in [2.75, 3.05) is 33.8 Å². The molecule has 4 aromatic rings. The van der Waals surface area contributed by atoms with Gasteiger partial charge in [0.1, 0.15) is 0 Å². The highest BCUT2D eigenvalue weighted by atomic mass is 16.5. The molecule has 1 amide bonds. The number of amides is 1. The van der Waals surface area contributed by atoms with Gasteiger partial charge in [-0.15, -0.1) is 5.10 Å². The maximum absolute atomic E-state index is 13.0. The first kappa shape index (κ1) is 25.1. The van der Waals surface area contributed by atoms with Gasteiger partial charge < -0.3 is 29.0 Å². The quantitative estimate of drug-likeness (QED) is 0.335. The number of benzene rings is 3. The van der Waals surface area contributed by atoms with Crippen molar-refractivity contribution < 1.29 is 33.3 Å². The van der Waals surface area contributed by atoms with Crippen LogP contribution in [-0.4, -0.2) is 50.1 Å². The zero-order chi connectivity index (χ0) is 26.4. The summed E-state index contributed by atoms with van der Waals surface area (Å²) in [6, 6.07) is 20.0. The summed E-state index contributed by atoms with van der Waals surface area (Å²) in [5.41, 5.74) is 1.20. The number of para-hydroxylation sites is 1. The number of carbonyl (C=O) groups is 2. The average molecular weight is 504 g/mol. The van der Waals surface area contributed by atoms with E-state index in [2.05, 4.69) is 10.4 Å². The van der Waals surface area contributed by atoms with Gasteiger partial charge in [-0.2, -0.15) is 4.68 Å². The highest BCUT2D eigenvalue weighted by Crippen LogP contribution is 2.30. The van der Waals surface area contributed by atoms with Crippen molar-refractivity contribution in [3.8, 4) is 34.6 Å². The second-order valence-corrected chi connectivity index (χ2v) is 7.60. The molecule has 1 N–H and O–H groups in total. The van der Waals surface area contributed by atoms with Crippen LogP contribution < -0.4 is 29.0 Å². The highest BCUT2D eigenvalue weighted by molar-refractivity contribution is 6.04. The summed E-state index contributed by atoms with van der Waals surface area (Å²) < 4.78 is 28.1. The van der Waals surface area contributed by atoms with E-state index in [9.17, 15) is 9.59 Å². The Balaban J connectivity index is 1.63. The number of ether oxygens (including phenoxy) is 5. The third-order valence-electron chi connectivity index (χ3n) is 5.38. The summed E-state index contributed by atoms with van der Waals surface area (Å²) in [7, 11) is 5.98. The lowest BCUT2D eigenvalue weighted by molar-refractivity contribution is 0.0722. The van der Waals surface area contributed by atoms with Crippen LogP contribution in [0.25, 0.3) is 5.69 Å². The molecule has 0 spiro atoms. The topological polar surface area (TPSA) is 110 Å². The Kier molecular flexibility index (Phi) is 7.58. The summed E-state index contributed by atoms with van der Waals surface area (Å²) in [5, 5.41) is 7.17. The van der Waals surface area contributed by atoms with E-state index < -0.39 is 11.9 Å². The standard InChI is InChI=1S/C27H25N3O7/c1-33-20-12-10-17(14-22(20)35-3)26(31)28-24-16-25(30(29-24)19-8-6-5-7-9-19)37-27(32)18-11-13-21(34-2)23(15-18)36-4/h5-16H,1-4H3,(H,28,29,31). The molecule has 10 heteroatoms. The van der Waals surface area contributed by atoms with Crippen LogP contribution in [0.4, 0.5) is 5.82 Å². The number of hydrogen-bond donors (Lipinski definition) is 1. The summed E-state index contributed by atoms with van der Waals surface area (Å²) in [4.78, 5) is 25.9. The minimum absolute atomic E-state index is 0.105. The predicted octanol–water partition coefficient (Wildman–Crippen LogP) is 4.38. The third-order valence-corrected chi connectivity index (χ3v) is 5.38. The number of esters is 1. The number of nitrogens with zero attached hydrogens (tertiary/aromatic N) is 2. The Morgan fingerprint density at radius 1 is 0.703 bits per heavy atom. The lowest BCUT2D eigenvalue weighted by Crippen LogP contribution is -2.13. The fraction of sp³-hybridized carbons (Fsp3) is 0.148. The van der Waals surface area contributed by atoms with Crippen molar-refractivity contribution in [2.45, 2.75) is 0 Å². The van der Waals surface area contributed by atoms with Gasteiger partial charge in [0.25, 0.3) is 5.91 Å². The number of carbonyl (C=O) groups excluding carboxylic acids is 2. The average Bonchev–Trinajstić information content (AvgIpc) is 3.34. The molecule has 0 saturated heterocycles. The molecule has 0 aliphatic carbocycles. The van der Waals surface area contributed by atoms with Crippen LogP contribution in [0.15, 0.2) is 72.8 Å². The molecule has 0 fully saturated rings. The lowest BCUT2D eigenvalue weighted by Gasteiger charge is -2.10. The van der Waals surface area contributed by atoms with Crippen molar-refractivity contribution >= 4 is 17.7 Å². The Labute approximate surface area is 213 Å². The van der Waals surface area contributed by atoms with Crippen molar-refractivity contribution in [3.63, 3.8) is 0 Å². The first-order chi connectivity index (χ1) is 18.0. The van der Waals surface area contributed by atoms with Crippen LogP contribution in [-0.2, 0) is 0 Å². The molecule has 0 unspecified atom stereocenters. The molecule has 0 aliphatic heterocycles. The number of hydrogen-bond acceptors (Lipinski definition) is 8. The Bertz CT molecular complexity index is 1420. The minimum atomic E-state index is -0.643. The molecule has 1 heterocycles. The molecule has 3 aromatic carbocycles. The molecule has 0 saturated carbocycles. The van der Waals surface area contributed by atoms with Crippen LogP contribution in [0.1, 0.15) is 20.7 Å². The van der Waals surface area contributed by atoms with Gasteiger partial charge >= 0.3 is 5.97 Å². The summed E-state index contributed by atoms with van der Waals surface area (Å²) in [6.45, 7) is 0. The molecule has 10 nitrogen and oxygen atoms in total. The normalized spacial score (nSPS) is 10.4. The molecular formula is C27H25N3O7. The Morgan fingerprint density at radius 2 is 1.27 bits per heavy atom. The van der Waals surface area contributed by atoms with E-state index in [-0.39, 0.29) is 17.3 Å². The first-order valence-corrected chi connectivity index (χ1v) is 11.1. The second kappa shape index (κ2) is 11.2. The molecule has 1 aromatic heterocycles. The maximum Gasteiger partial charge on any atom is 0.345 e. The number of aromatic nitrogens is 2. The van der Waals surface area contributed by atoms with Gasteiger partial charge in [-0.25, -0.2) is 4.79 Å². The zero-order valence-corrected chi connectivity index (χ0v) is 20.7. The first-order valence-electron chi connectivity index (χ1n) is 11.1. The zero-order valence-electron chi connectivity index (χ0n) is 20.7. The van der Waals surface area contributed by atoms with E-state index in [0.717, 1.165) is 0 Å². The van der Waals surface area contributed by atoms with E-state index in [1.165, 1.54) is 45.3 Å². The molecule has 4 rings (SSSR count). The summed E-state index contributed by atoms with van der Waals surface area (Å²) in [5.74, 6) is 0.982. The Morgan fingerprint density at radius 3 is 1.86 bits per heavy atom. The smallest absolute Gasteiger partial charge is 0.345 e. The third kappa shape index (κ3) is 5.48. The van der Waals surface area contributed by atoms with Crippen LogP contribution >= 0.6 is 0 Å². The Hall–Kier alpha value is -4.99. The van der Waals surface area contributed by atoms with Gasteiger partial charge in [0.05, 0.1) is 39.7 Å². The van der Waals surface area contributed by atoms with E-state index in [4.69, 9.17) is 23.7 Å². The number of anilines is 1. The minimum Gasteiger partial charge on any atom is -0.493 e. The van der Waals surface area contributed by atoms with Crippen LogP contribution in [0.3, 0.4) is 0 Å². The highest BCUT2D eigenvalue weighted by Gasteiger charge is 2.20. The van der Waals surface area contributed by atoms with Crippen molar-refractivity contribution in [3.05, 3.63) is 83.9 Å². The fourth-order valence-electron chi connectivity index (χ4n) is 3.53. The number of methoxy groups -OCH3 is 4. The molecule has 0 radical (unpaired) electrons. The van der Waals surface area contributed by atoms with Gasteiger partial charge in [-0.1, -0.05) is 18.2 Å². The van der Waals surface area contributed by atoms with E-state index >= 15 is 0 Å². The van der Waals surface area contributed by atoms with Crippen LogP contribution in [0.5, 0.6) is 28.9 Å². The van der Waals surface area contributed by atoms with Crippen molar-refractivity contribution in [2.24, 2.45) is 0 Å². The lowest BCUT2D eigenvalue weighted by atomic mass is 10.2.